The molecule has 0 aromatic carbocycles. The van der Waals surface area contributed by atoms with E-state index in [2.05, 4.69) is 4.84 Å². The molecule has 0 heterocycles. The van der Waals surface area contributed by atoms with Gasteiger partial charge < -0.3 is 10.6 Å². The van der Waals surface area contributed by atoms with Gasteiger partial charge in [-0.3, -0.25) is 4.79 Å². The third-order valence-corrected chi connectivity index (χ3v) is 2.52. The highest BCUT2D eigenvalue weighted by atomic mass is 17.0. The zero-order valence-corrected chi connectivity index (χ0v) is 7.85. The third-order valence-electron chi connectivity index (χ3n) is 2.52. The van der Waals surface area contributed by atoms with Crippen LogP contribution in [-0.4, -0.2) is 17.1 Å². The summed E-state index contributed by atoms with van der Waals surface area (Å²) in [6.07, 6.45) is 2.92. The molecule has 1 saturated carbocycles. The SMILES string of the molecule is NC(=O)CC1CCC(O[N+](=O)[O-])CC1. The Labute approximate surface area is 81.5 Å². The number of hydrogen-bond acceptors (Lipinski definition) is 4. The van der Waals surface area contributed by atoms with Gasteiger partial charge in [0.15, 0.2) is 0 Å². The summed E-state index contributed by atoms with van der Waals surface area (Å²) >= 11 is 0. The Morgan fingerprint density at radius 3 is 2.43 bits per heavy atom. The van der Waals surface area contributed by atoms with Gasteiger partial charge >= 0.3 is 0 Å². The molecule has 80 valence electrons. The molecule has 1 rings (SSSR count). The average molecular weight is 202 g/mol. The van der Waals surface area contributed by atoms with Crippen molar-refractivity contribution in [2.75, 3.05) is 0 Å². The number of carbonyl (C=O) groups excluding carboxylic acids is 1. The first kappa shape index (κ1) is 10.7. The monoisotopic (exact) mass is 202 g/mol. The van der Waals surface area contributed by atoms with E-state index in [4.69, 9.17) is 5.73 Å². The summed E-state index contributed by atoms with van der Waals surface area (Å²) in [7, 11) is 0. The van der Waals surface area contributed by atoms with Crippen LogP contribution in [0.15, 0.2) is 0 Å². The molecular weight excluding hydrogens is 188 g/mol. The van der Waals surface area contributed by atoms with Crippen LogP contribution < -0.4 is 5.73 Å². The van der Waals surface area contributed by atoms with Gasteiger partial charge in [-0.25, -0.2) is 0 Å². The number of amides is 1. The van der Waals surface area contributed by atoms with E-state index in [0.29, 0.717) is 19.3 Å². The Balaban J connectivity index is 2.24. The number of nitrogens with zero attached hydrogens (tertiary/aromatic N) is 1. The van der Waals surface area contributed by atoms with Crippen molar-refractivity contribution in [2.45, 2.75) is 38.2 Å². The topological polar surface area (TPSA) is 95.5 Å². The highest BCUT2D eigenvalue weighted by Gasteiger charge is 2.24. The number of hydrogen-bond donors (Lipinski definition) is 1. The molecule has 0 spiro atoms. The van der Waals surface area contributed by atoms with Gasteiger partial charge in [0.1, 0.15) is 6.10 Å². The van der Waals surface area contributed by atoms with Crippen LogP contribution in [0.4, 0.5) is 0 Å². The summed E-state index contributed by atoms with van der Waals surface area (Å²) in [5, 5.41) is 9.29. The van der Waals surface area contributed by atoms with Gasteiger partial charge in [0.05, 0.1) is 0 Å². The predicted molar refractivity (Wildman–Crippen MR) is 47.6 cm³/mol. The maximum absolute atomic E-state index is 10.6. The largest absolute Gasteiger partial charge is 0.370 e. The smallest absolute Gasteiger partial charge is 0.294 e. The van der Waals surface area contributed by atoms with Gasteiger partial charge in [-0.15, -0.1) is 10.1 Å². The van der Waals surface area contributed by atoms with Crippen molar-refractivity contribution in [1.82, 2.24) is 0 Å². The third kappa shape index (κ3) is 3.59. The van der Waals surface area contributed by atoms with Crippen LogP contribution in [0.3, 0.4) is 0 Å². The first-order valence-electron chi connectivity index (χ1n) is 4.67. The average Bonchev–Trinajstić information content (AvgIpc) is 2.06. The fourth-order valence-corrected chi connectivity index (χ4v) is 1.85. The van der Waals surface area contributed by atoms with Crippen molar-refractivity contribution >= 4 is 5.91 Å². The molecule has 1 aliphatic rings. The molecule has 14 heavy (non-hydrogen) atoms. The minimum absolute atomic E-state index is 0.277. The van der Waals surface area contributed by atoms with Crippen LogP contribution in [0.1, 0.15) is 32.1 Å². The maximum atomic E-state index is 10.6. The first-order chi connectivity index (χ1) is 6.58. The molecule has 0 aromatic rings. The fraction of sp³-hybridized carbons (Fsp3) is 0.875. The van der Waals surface area contributed by atoms with Crippen LogP contribution in [0.2, 0.25) is 0 Å². The van der Waals surface area contributed by atoms with Gasteiger partial charge in [0, 0.05) is 6.42 Å². The van der Waals surface area contributed by atoms with E-state index in [1.54, 1.807) is 0 Å². The fourth-order valence-electron chi connectivity index (χ4n) is 1.85. The summed E-state index contributed by atoms with van der Waals surface area (Å²) in [5.74, 6) is -0.0252. The van der Waals surface area contributed by atoms with Crippen LogP contribution >= 0.6 is 0 Å². The molecule has 0 saturated heterocycles. The van der Waals surface area contributed by atoms with Gasteiger partial charge in [-0.1, -0.05) is 0 Å². The maximum Gasteiger partial charge on any atom is 0.294 e. The molecule has 0 unspecified atom stereocenters. The first-order valence-corrected chi connectivity index (χ1v) is 4.67. The molecule has 1 fully saturated rings. The van der Waals surface area contributed by atoms with E-state index >= 15 is 0 Å². The molecule has 0 bridgehead atoms. The Morgan fingerprint density at radius 2 is 2.00 bits per heavy atom. The van der Waals surface area contributed by atoms with Crippen LogP contribution in [0, 0.1) is 16.0 Å². The molecule has 6 heteroatoms. The summed E-state index contributed by atoms with van der Waals surface area (Å²) in [5.41, 5.74) is 5.06. The highest BCUT2D eigenvalue weighted by Crippen LogP contribution is 2.28. The summed E-state index contributed by atoms with van der Waals surface area (Å²) in [6.45, 7) is 0. The number of carbonyl (C=O) groups is 1. The van der Waals surface area contributed by atoms with Gasteiger partial charge in [0.2, 0.25) is 5.91 Å². The van der Waals surface area contributed by atoms with Gasteiger partial charge in [-0.2, -0.15) is 0 Å². The van der Waals surface area contributed by atoms with Crippen LogP contribution in [0.5, 0.6) is 0 Å². The van der Waals surface area contributed by atoms with E-state index in [-0.39, 0.29) is 17.9 Å². The van der Waals surface area contributed by atoms with Crippen LogP contribution in [0.25, 0.3) is 0 Å². The molecule has 0 aromatic heterocycles. The quantitative estimate of drug-likeness (QED) is 0.534. The Hall–Kier alpha value is -1.33. The summed E-state index contributed by atoms with van der Waals surface area (Å²) in [6, 6.07) is 0. The summed E-state index contributed by atoms with van der Waals surface area (Å²) in [4.78, 5) is 25.1. The Bertz CT molecular complexity index is 199. The zero-order valence-electron chi connectivity index (χ0n) is 7.85. The Morgan fingerprint density at radius 1 is 1.43 bits per heavy atom. The van der Waals surface area contributed by atoms with Crippen molar-refractivity contribution in [3.05, 3.63) is 10.1 Å². The van der Waals surface area contributed by atoms with Crippen molar-refractivity contribution in [2.24, 2.45) is 11.7 Å². The van der Waals surface area contributed by atoms with Crippen molar-refractivity contribution in [3.8, 4) is 0 Å². The van der Waals surface area contributed by atoms with Crippen molar-refractivity contribution < 1.29 is 14.7 Å². The van der Waals surface area contributed by atoms with E-state index in [1.165, 1.54) is 0 Å². The lowest BCUT2D eigenvalue weighted by molar-refractivity contribution is -0.769. The standard InChI is InChI=1S/C8H14N2O4/c9-8(11)5-6-1-3-7(4-2-6)14-10(12)13/h6-7H,1-5H2,(H2,9,11). The van der Waals surface area contributed by atoms with E-state index < -0.39 is 5.09 Å². The Kier molecular flexibility index (Phi) is 3.67. The molecule has 1 amide bonds. The molecule has 0 radical (unpaired) electrons. The second-order valence-corrected chi connectivity index (χ2v) is 3.64. The minimum atomic E-state index is -0.751. The molecule has 0 aliphatic heterocycles. The minimum Gasteiger partial charge on any atom is -0.370 e. The van der Waals surface area contributed by atoms with Crippen molar-refractivity contribution in [3.63, 3.8) is 0 Å². The molecule has 6 nitrogen and oxygen atoms in total. The number of rotatable bonds is 4. The second-order valence-electron chi connectivity index (χ2n) is 3.64. The lowest BCUT2D eigenvalue weighted by atomic mass is 9.85. The highest BCUT2D eigenvalue weighted by molar-refractivity contribution is 5.73. The molecule has 2 N–H and O–H groups in total. The second kappa shape index (κ2) is 4.78. The lowest BCUT2D eigenvalue weighted by Gasteiger charge is -2.25. The van der Waals surface area contributed by atoms with Gasteiger partial charge in [0.25, 0.3) is 5.09 Å². The molecule has 0 atom stereocenters. The molecule has 1 aliphatic carbocycles. The van der Waals surface area contributed by atoms with E-state index in [9.17, 15) is 14.9 Å². The number of primary amides is 1. The summed E-state index contributed by atoms with van der Waals surface area (Å²) < 4.78 is 0. The van der Waals surface area contributed by atoms with Crippen molar-refractivity contribution in [1.29, 1.82) is 0 Å². The lowest BCUT2D eigenvalue weighted by Crippen LogP contribution is -2.26. The van der Waals surface area contributed by atoms with E-state index in [1.807, 2.05) is 0 Å². The normalized spacial score (nSPS) is 26.9. The number of nitrogens with two attached hydrogens (primary N) is 1. The van der Waals surface area contributed by atoms with E-state index in [0.717, 1.165) is 12.8 Å². The van der Waals surface area contributed by atoms with Crippen LogP contribution in [-0.2, 0) is 9.63 Å². The molecular formula is C8H14N2O4. The van der Waals surface area contributed by atoms with Gasteiger partial charge in [-0.05, 0) is 31.6 Å². The zero-order chi connectivity index (χ0) is 10.6. The predicted octanol–water partition coefficient (Wildman–Crippen LogP) is 0.629.